The van der Waals surface area contributed by atoms with E-state index in [1.165, 1.54) is 0 Å². The molecule has 1 aliphatic carbocycles. The van der Waals surface area contributed by atoms with Crippen LogP contribution in [0, 0.1) is 12.8 Å². The molecule has 0 bridgehead atoms. The maximum atomic E-state index is 11.2. The van der Waals surface area contributed by atoms with E-state index >= 15 is 0 Å². The molecule has 1 atom stereocenters. The highest BCUT2D eigenvalue weighted by Crippen LogP contribution is 2.50. The zero-order valence-corrected chi connectivity index (χ0v) is 12.9. The van der Waals surface area contributed by atoms with Gasteiger partial charge >= 0.3 is 5.97 Å². The van der Waals surface area contributed by atoms with E-state index < -0.39 is 5.97 Å². The molecule has 1 fully saturated rings. The number of carboxylic acids is 1. The summed E-state index contributed by atoms with van der Waals surface area (Å²) in [4.78, 5) is 11.2. The number of carboxylic acid groups (broad SMARTS) is 1. The molecule has 3 rings (SSSR count). The van der Waals surface area contributed by atoms with Crippen LogP contribution in [0.4, 0.5) is 0 Å². The van der Waals surface area contributed by atoms with Crippen LogP contribution in [0.15, 0.2) is 10.5 Å². The number of ether oxygens (including phenoxy) is 2. The third kappa shape index (κ3) is 2.51. The summed E-state index contributed by atoms with van der Waals surface area (Å²) in [7, 11) is 0. The van der Waals surface area contributed by atoms with Gasteiger partial charge in [0.1, 0.15) is 13.2 Å². The van der Waals surface area contributed by atoms with Crippen LogP contribution in [0.1, 0.15) is 36.3 Å². The van der Waals surface area contributed by atoms with Crippen molar-refractivity contribution < 1.29 is 19.4 Å². The summed E-state index contributed by atoms with van der Waals surface area (Å²) in [6.07, 6.45) is 2.39. The molecule has 1 aromatic carbocycles. The molecule has 4 nitrogen and oxygen atoms in total. The van der Waals surface area contributed by atoms with Gasteiger partial charge < -0.3 is 14.6 Å². The van der Waals surface area contributed by atoms with E-state index in [2.05, 4.69) is 15.9 Å². The smallest absolute Gasteiger partial charge is 0.303 e. The molecule has 0 amide bonds. The van der Waals surface area contributed by atoms with Crippen LogP contribution in [0.5, 0.6) is 11.5 Å². The fourth-order valence-corrected chi connectivity index (χ4v) is 3.77. The first-order chi connectivity index (χ1) is 9.58. The average molecular weight is 341 g/mol. The molecule has 1 saturated carbocycles. The Morgan fingerprint density at radius 1 is 1.45 bits per heavy atom. The minimum atomic E-state index is -0.747. The summed E-state index contributed by atoms with van der Waals surface area (Å²) in [5.74, 6) is 1.30. The summed E-state index contributed by atoms with van der Waals surface area (Å²) in [6.45, 7) is 3.09. The molecule has 1 unspecified atom stereocenters. The van der Waals surface area contributed by atoms with E-state index in [1.807, 2.05) is 13.0 Å². The van der Waals surface area contributed by atoms with Gasteiger partial charge in [0.05, 0.1) is 6.42 Å². The largest absolute Gasteiger partial charge is 0.486 e. The monoisotopic (exact) mass is 340 g/mol. The summed E-state index contributed by atoms with van der Waals surface area (Å²) in [5, 5.41) is 9.17. The van der Waals surface area contributed by atoms with E-state index in [0.29, 0.717) is 19.1 Å². The van der Waals surface area contributed by atoms with Gasteiger partial charge in [0.25, 0.3) is 0 Å². The van der Waals surface area contributed by atoms with Crippen molar-refractivity contribution in [3.05, 3.63) is 21.7 Å². The van der Waals surface area contributed by atoms with Gasteiger partial charge in [-0.25, -0.2) is 0 Å². The van der Waals surface area contributed by atoms with Gasteiger partial charge in [-0.15, -0.1) is 0 Å². The maximum absolute atomic E-state index is 11.2. The summed E-state index contributed by atoms with van der Waals surface area (Å²) in [5.41, 5.74) is 2.08. The first kappa shape index (κ1) is 13.7. The second-order valence-electron chi connectivity index (χ2n) is 5.46. The zero-order valence-electron chi connectivity index (χ0n) is 11.3. The van der Waals surface area contributed by atoms with Crippen molar-refractivity contribution in [3.8, 4) is 11.5 Å². The molecule has 1 heterocycles. The molecule has 0 radical (unpaired) electrons. The fraction of sp³-hybridized carbons (Fsp3) is 0.533. The highest BCUT2D eigenvalue weighted by Gasteiger charge is 2.37. The van der Waals surface area contributed by atoms with Crippen molar-refractivity contribution in [2.45, 2.75) is 32.1 Å². The van der Waals surface area contributed by atoms with Gasteiger partial charge in [0.15, 0.2) is 11.5 Å². The summed E-state index contributed by atoms with van der Waals surface area (Å²) < 4.78 is 12.2. The number of fused-ring (bicyclic) bond motifs is 1. The number of halogens is 1. The number of carbonyl (C=O) groups is 1. The lowest BCUT2D eigenvalue weighted by Crippen LogP contribution is -2.18. The molecule has 1 aliphatic heterocycles. The lowest BCUT2D eigenvalue weighted by atomic mass is 9.87. The molecular formula is C15H17BrO4. The van der Waals surface area contributed by atoms with Gasteiger partial charge in [-0.1, -0.05) is 15.9 Å². The first-order valence-corrected chi connectivity index (χ1v) is 7.67. The number of hydrogen-bond donors (Lipinski definition) is 1. The van der Waals surface area contributed by atoms with Crippen molar-refractivity contribution in [3.63, 3.8) is 0 Å². The zero-order chi connectivity index (χ0) is 14.3. The third-order valence-corrected chi connectivity index (χ3v) is 4.68. The number of hydrogen-bond acceptors (Lipinski definition) is 3. The van der Waals surface area contributed by atoms with E-state index in [-0.39, 0.29) is 12.3 Å². The molecule has 1 N–H and O–H groups in total. The Hall–Kier alpha value is -1.23. The highest BCUT2D eigenvalue weighted by atomic mass is 79.9. The van der Waals surface area contributed by atoms with Gasteiger partial charge in [-0.2, -0.15) is 0 Å². The Morgan fingerprint density at radius 2 is 2.15 bits per heavy atom. The van der Waals surface area contributed by atoms with Gasteiger partial charge in [-0.3, -0.25) is 4.79 Å². The number of rotatable bonds is 4. The van der Waals surface area contributed by atoms with Crippen molar-refractivity contribution in [2.75, 3.05) is 13.2 Å². The Morgan fingerprint density at radius 3 is 2.80 bits per heavy atom. The first-order valence-electron chi connectivity index (χ1n) is 6.88. The predicted octanol–water partition coefficient (Wildman–Crippen LogP) is 3.50. The van der Waals surface area contributed by atoms with E-state index in [9.17, 15) is 9.90 Å². The predicted molar refractivity (Wildman–Crippen MR) is 77.6 cm³/mol. The van der Waals surface area contributed by atoms with E-state index in [4.69, 9.17) is 9.47 Å². The number of aliphatic carboxylic acids is 1. The quantitative estimate of drug-likeness (QED) is 0.911. The van der Waals surface area contributed by atoms with Crippen molar-refractivity contribution in [1.82, 2.24) is 0 Å². The molecule has 1 aromatic rings. The van der Waals surface area contributed by atoms with Crippen LogP contribution >= 0.6 is 15.9 Å². The standard InChI is InChI=1S/C15H17BrO4/c1-8-14(10(6-13(17)18)9-2-3-9)11(16)7-12-15(8)20-5-4-19-12/h7,9-10H,2-6H2,1H3,(H,17,18). The fourth-order valence-electron chi connectivity index (χ4n) is 2.97. The molecule has 0 saturated heterocycles. The molecule has 20 heavy (non-hydrogen) atoms. The molecule has 0 aromatic heterocycles. The van der Waals surface area contributed by atoms with Crippen LogP contribution in [-0.2, 0) is 4.79 Å². The average Bonchev–Trinajstić information content (AvgIpc) is 3.21. The van der Waals surface area contributed by atoms with Crippen LogP contribution in [0.2, 0.25) is 0 Å². The Kier molecular flexibility index (Phi) is 3.63. The Balaban J connectivity index is 2.04. The van der Waals surface area contributed by atoms with Crippen LogP contribution < -0.4 is 9.47 Å². The minimum absolute atomic E-state index is 0.0534. The van der Waals surface area contributed by atoms with E-state index in [0.717, 1.165) is 39.9 Å². The SMILES string of the molecule is Cc1c2c(cc(Br)c1C(CC(=O)O)C1CC1)OCCO2. The minimum Gasteiger partial charge on any atom is -0.486 e. The summed E-state index contributed by atoms with van der Waals surface area (Å²) >= 11 is 3.58. The lowest BCUT2D eigenvalue weighted by molar-refractivity contribution is -0.137. The molecule has 2 aliphatic rings. The summed E-state index contributed by atoms with van der Waals surface area (Å²) in [6, 6.07) is 1.91. The van der Waals surface area contributed by atoms with Crippen LogP contribution in [0.25, 0.3) is 0 Å². The van der Waals surface area contributed by atoms with Crippen LogP contribution in [0.3, 0.4) is 0 Å². The number of benzene rings is 1. The second kappa shape index (κ2) is 5.28. The van der Waals surface area contributed by atoms with Gasteiger partial charge in [0, 0.05) is 4.47 Å². The lowest BCUT2D eigenvalue weighted by Gasteiger charge is -2.26. The van der Waals surface area contributed by atoms with Gasteiger partial charge in [-0.05, 0) is 48.8 Å². The molecule has 0 spiro atoms. The van der Waals surface area contributed by atoms with Crippen LogP contribution in [-0.4, -0.2) is 24.3 Å². The normalized spacial score (nSPS) is 18.7. The molecule has 108 valence electrons. The second-order valence-corrected chi connectivity index (χ2v) is 6.32. The van der Waals surface area contributed by atoms with E-state index in [1.54, 1.807) is 0 Å². The Labute approximate surface area is 126 Å². The highest BCUT2D eigenvalue weighted by molar-refractivity contribution is 9.10. The molecule has 5 heteroatoms. The van der Waals surface area contributed by atoms with Gasteiger partial charge in [0.2, 0.25) is 0 Å². The van der Waals surface area contributed by atoms with Crippen molar-refractivity contribution >= 4 is 21.9 Å². The van der Waals surface area contributed by atoms with Crippen molar-refractivity contribution in [1.29, 1.82) is 0 Å². The third-order valence-electron chi connectivity index (χ3n) is 4.03. The van der Waals surface area contributed by atoms with Crippen molar-refractivity contribution in [2.24, 2.45) is 5.92 Å². The topological polar surface area (TPSA) is 55.8 Å². The molecular weight excluding hydrogens is 324 g/mol. The maximum Gasteiger partial charge on any atom is 0.303 e. The Bertz CT molecular complexity index is 551.